The topological polar surface area (TPSA) is 40.5 Å². The Bertz CT molecular complexity index is 384. The lowest BCUT2D eigenvalue weighted by Gasteiger charge is -2.37. The van der Waals surface area contributed by atoms with E-state index in [1.54, 1.807) is 0 Å². The number of rotatable bonds is 5. The largest absolute Gasteiger partial charge is 0.460 e. The van der Waals surface area contributed by atoms with Crippen molar-refractivity contribution in [2.24, 2.45) is 5.41 Å². The fourth-order valence-corrected chi connectivity index (χ4v) is 1.31. The van der Waals surface area contributed by atoms with Crippen molar-refractivity contribution in [1.29, 1.82) is 0 Å². The van der Waals surface area contributed by atoms with Crippen LogP contribution in [0.15, 0.2) is 0 Å². The van der Waals surface area contributed by atoms with E-state index in [1.165, 1.54) is 20.8 Å². The highest BCUT2D eigenvalue weighted by atomic mass is 19.4. The van der Waals surface area contributed by atoms with E-state index in [2.05, 4.69) is 0 Å². The zero-order chi connectivity index (χ0) is 18.4. The fourth-order valence-electron chi connectivity index (χ4n) is 1.31. The molecule has 0 aliphatic rings. The number of hydrogen-bond donors (Lipinski definition) is 2. The molecule has 0 bridgehead atoms. The number of halogens is 9. The van der Waals surface area contributed by atoms with Gasteiger partial charge in [0.1, 0.15) is 6.10 Å². The van der Waals surface area contributed by atoms with E-state index in [-0.39, 0.29) is 0 Å². The number of aliphatic hydroxyl groups excluding tert-OH is 2. The summed E-state index contributed by atoms with van der Waals surface area (Å²) in [6, 6.07) is 0. The van der Waals surface area contributed by atoms with E-state index in [4.69, 9.17) is 5.11 Å². The SMILES string of the molecule is CC(C)(C)C(O)CC(O)C(F)(F)C(F)(F)C(F)(F)C(F)(F)F. The van der Waals surface area contributed by atoms with Crippen LogP contribution in [0.5, 0.6) is 0 Å². The van der Waals surface area contributed by atoms with Crippen molar-refractivity contribution >= 4 is 0 Å². The van der Waals surface area contributed by atoms with E-state index in [1.807, 2.05) is 0 Å². The zero-order valence-electron chi connectivity index (χ0n) is 11.7. The molecule has 0 fully saturated rings. The van der Waals surface area contributed by atoms with Gasteiger partial charge in [-0.05, 0) is 5.41 Å². The molecule has 0 aromatic carbocycles. The highest BCUT2D eigenvalue weighted by Crippen LogP contribution is 2.54. The molecule has 0 heterocycles. The maximum absolute atomic E-state index is 13.3. The Balaban J connectivity index is 5.53. The normalized spacial score (nSPS) is 18.3. The van der Waals surface area contributed by atoms with Crippen LogP contribution in [0.3, 0.4) is 0 Å². The minimum absolute atomic E-state index is 1.20. The Morgan fingerprint density at radius 3 is 1.32 bits per heavy atom. The molecule has 2 nitrogen and oxygen atoms in total. The van der Waals surface area contributed by atoms with Gasteiger partial charge in [-0.2, -0.15) is 39.5 Å². The van der Waals surface area contributed by atoms with Crippen LogP contribution in [0.1, 0.15) is 27.2 Å². The molecule has 0 rings (SSSR count). The molecule has 0 spiro atoms. The van der Waals surface area contributed by atoms with Crippen molar-refractivity contribution in [3.05, 3.63) is 0 Å². The number of hydrogen-bond acceptors (Lipinski definition) is 2. The summed E-state index contributed by atoms with van der Waals surface area (Å²) in [6.45, 7) is 3.76. The fraction of sp³-hybridized carbons (Fsp3) is 1.00. The Labute approximate surface area is 119 Å². The average Bonchev–Trinajstić information content (AvgIpc) is 2.25. The summed E-state index contributed by atoms with van der Waals surface area (Å²) < 4.78 is 113. The molecule has 0 radical (unpaired) electrons. The minimum Gasteiger partial charge on any atom is -0.392 e. The first-order chi connectivity index (χ1) is 9.30. The second-order valence-electron chi connectivity index (χ2n) is 5.90. The summed E-state index contributed by atoms with van der Waals surface area (Å²) in [7, 11) is 0. The van der Waals surface area contributed by atoms with Gasteiger partial charge in [0.05, 0.1) is 6.10 Å². The molecular formula is C11H15F9O2. The monoisotopic (exact) mass is 350 g/mol. The van der Waals surface area contributed by atoms with Gasteiger partial charge in [-0.1, -0.05) is 20.8 Å². The third kappa shape index (κ3) is 3.61. The first-order valence-corrected chi connectivity index (χ1v) is 5.86. The van der Waals surface area contributed by atoms with Crippen molar-refractivity contribution in [3.8, 4) is 0 Å². The highest BCUT2D eigenvalue weighted by molar-refractivity contribution is 5.03. The van der Waals surface area contributed by atoms with Gasteiger partial charge >= 0.3 is 23.9 Å². The molecule has 0 aliphatic carbocycles. The summed E-state index contributed by atoms with van der Waals surface area (Å²) in [4.78, 5) is 0. The second-order valence-corrected chi connectivity index (χ2v) is 5.90. The summed E-state index contributed by atoms with van der Waals surface area (Å²) in [5, 5.41) is 18.4. The van der Waals surface area contributed by atoms with Crippen LogP contribution in [-0.4, -0.2) is 46.4 Å². The van der Waals surface area contributed by atoms with Crippen LogP contribution in [0, 0.1) is 5.41 Å². The molecule has 2 unspecified atom stereocenters. The van der Waals surface area contributed by atoms with Crippen LogP contribution in [-0.2, 0) is 0 Å². The lowest BCUT2D eigenvalue weighted by Crippen LogP contribution is -2.64. The first-order valence-electron chi connectivity index (χ1n) is 5.86. The van der Waals surface area contributed by atoms with Crippen LogP contribution in [0.25, 0.3) is 0 Å². The summed E-state index contributed by atoms with van der Waals surface area (Å²) >= 11 is 0. The Morgan fingerprint density at radius 2 is 1.05 bits per heavy atom. The average molecular weight is 350 g/mol. The summed E-state index contributed by atoms with van der Waals surface area (Å²) in [6.07, 6.45) is -13.9. The molecule has 11 heteroatoms. The standard InChI is InChI=1S/C11H15F9O2/c1-7(2,3)5(21)4-6(22)8(12,13)9(14,15)10(16,17)11(18,19)20/h5-6,21-22H,4H2,1-3H3. The lowest BCUT2D eigenvalue weighted by atomic mass is 9.84. The smallest absolute Gasteiger partial charge is 0.392 e. The third-order valence-corrected chi connectivity index (χ3v) is 3.03. The number of aliphatic hydroxyl groups is 2. The van der Waals surface area contributed by atoms with Crippen LogP contribution < -0.4 is 0 Å². The first kappa shape index (κ1) is 21.3. The molecule has 0 aromatic rings. The van der Waals surface area contributed by atoms with Crippen molar-refractivity contribution in [3.63, 3.8) is 0 Å². The van der Waals surface area contributed by atoms with E-state index >= 15 is 0 Å². The van der Waals surface area contributed by atoms with Gasteiger partial charge in [0.15, 0.2) is 0 Å². The van der Waals surface area contributed by atoms with Crippen molar-refractivity contribution in [2.75, 3.05) is 0 Å². The van der Waals surface area contributed by atoms with Gasteiger partial charge < -0.3 is 10.2 Å². The lowest BCUT2D eigenvalue weighted by molar-refractivity contribution is -0.406. The Kier molecular flexibility index (Phi) is 5.55. The quantitative estimate of drug-likeness (QED) is 0.744. The predicted molar refractivity (Wildman–Crippen MR) is 57.0 cm³/mol. The second kappa shape index (κ2) is 5.73. The molecule has 0 saturated heterocycles. The van der Waals surface area contributed by atoms with E-state index in [0.717, 1.165) is 0 Å². The van der Waals surface area contributed by atoms with Gasteiger partial charge in [-0.25, -0.2) is 0 Å². The Morgan fingerprint density at radius 1 is 0.682 bits per heavy atom. The van der Waals surface area contributed by atoms with Crippen LogP contribution >= 0.6 is 0 Å². The predicted octanol–water partition coefficient (Wildman–Crippen LogP) is 3.61. The molecule has 0 saturated carbocycles. The number of alkyl halides is 9. The van der Waals surface area contributed by atoms with Gasteiger partial charge in [0.25, 0.3) is 0 Å². The molecule has 0 aliphatic heterocycles. The van der Waals surface area contributed by atoms with E-state index < -0.39 is 48.0 Å². The van der Waals surface area contributed by atoms with Gasteiger partial charge in [-0.3, -0.25) is 0 Å². The third-order valence-electron chi connectivity index (χ3n) is 3.03. The zero-order valence-corrected chi connectivity index (χ0v) is 11.7. The summed E-state index contributed by atoms with van der Waals surface area (Å²) in [5.41, 5.74) is -1.20. The molecular weight excluding hydrogens is 335 g/mol. The van der Waals surface area contributed by atoms with Gasteiger partial charge in [-0.15, -0.1) is 0 Å². The van der Waals surface area contributed by atoms with E-state index in [0.29, 0.717) is 0 Å². The molecule has 0 amide bonds. The highest BCUT2D eigenvalue weighted by Gasteiger charge is 2.83. The molecule has 2 atom stereocenters. The van der Waals surface area contributed by atoms with Crippen LogP contribution in [0.4, 0.5) is 39.5 Å². The van der Waals surface area contributed by atoms with Gasteiger partial charge in [0, 0.05) is 6.42 Å². The maximum atomic E-state index is 13.3. The van der Waals surface area contributed by atoms with Gasteiger partial charge in [0.2, 0.25) is 0 Å². The molecule has 0 aromatic heterocycles. The van der Waals surface area contributed by atoms with E-state index in [9.17, 15) is 44.6 Å². The van der Waals surface area contributed by atoms with Crippen molar-refractivity contribution in [2.45, 2.75) is 63.3 Å². The maximum Gasteiger partial charge on any atom is 0.460 e. The molecule has 2 N–H and O–H groups in total. The summed E-state index contributed by atoms with van der Waals surface area (Å²) in [5.74, 6) is -20.1. The van der Waals surface area contributed by atoms with Crippen molar-refractivity contribution in [1.82, 2.24) is 0 Å². The van der Waals surface area contributed by atoms with Crippen molar-refractivity contribution < 1.29 is 49.7 Å². The minimum atomic E-state index is -7.06. The molecule has 22 heavy (non-hydrogen) atoms. The molecule has 134 valence electrons. The Hall–Kier alpha value is -0.710. The van der Waals surface area contributed by atoms with Crippen LogP contribution in [0.2, 0.25) is 0 Å².